The quantitative estimate of drug-likeness (QED) is 0.727. The van der Waals surface area contributed by atoms with Crippen molar-refractivity contribution in [2.45, 2.75) is 26.3 Å². The Morgan fingerprint density at radius 1 is 1.33 bits per heavy atom. The summed E-state index contributed by atoms with van der Waals surface area (Å²) in [5, 5.41) is 11.9. The number of aliphatic hydroxyl groups is 1. The fourth-order valence-electron chi connectivity index (χ4n) is 1.66. The highest BCUT2D eigenvalue weighted by atomic mass is 16.3. The lowest BCUT2D eigenvalue weighted by Crippen LogP contribution is -2.41. The first-order valence-electron chi connectivity index (χ1n) is 6.45. The molecule has 0 unspecified atom stereocenters. The van der Waals surface area contributed by atoms with E-state index in [2.05, 4.69) is 12.2 Å². The van der Waals surface area contributed by atoms with E-state index in [4.69, 9.17) is 5.11 Å². The number of carbonyl (C=O) groups excluding carboxylic acids is 1. The second kappa shape index (κ2) is 8.53. The van der Waals surface area contributed by atoms with E-state index in [9.17, 15) is 4.79 Å². The molecule has 4 heteroatoms. The maximum atomic E-state index is 11.9. The average Bonchev–Trinajstić information content (AvgIpc) is 2.39. The number of hydrogen-bond acceptors (Lipinski definition) is 2. The lowest BCUT2D eigenvalue weighted by Gasteiger charge is -2.22. The number of nitrogens with zero attached hydrogens (tertiary/aromatic N) is 1. The summed E-state index contributed by atoms with van der Waals surface area (Å²) in [5.74, 6) is 0. The van der Waals surface area contributed by atoms with E-state index in [0.29, 0.717) is 19.6 Å². The Bertz CT molecular complexity index is 341. The van der Waals surface area contributed by atoms with Crippen molar-refractivity contribution in [2.24, 2.45) is 0 Å². The molecule has 0 aliphatic heterocycles. The molecule has 0 bridgehead atoms. The van der Waals surface area contributed by atoms with Crippen molar-refractivity contribution in [1.29, 1.82) is 0 Å². The minimum absolute atomic E-state index is 0.0198. The van der Waals surface area contributed by atoms with Gasteiger partial charge in [0.15, 0.2) is 0 Å². The molecule has 0 saturated heterocycles. The molecule has 1 aromatic carbocycles. The highest BCUT2D eigenvalue weighted by Gasteiger charge is 2.12. The summed E-state index contributed by atoms with van der Waals surface area (Å²) in [7, 11) is 0. The minimum Gasteiger partial charge on any atom is -0.395 e. The topological polar surface area (TPSA) is 52.6 Å². The van der Waals surface area contributed by atoms with Gasteiger partial charge in [0, 0.05) is 19.6 Å². The van der Waals surface area contributed by atoms with E-state index in [1.807, 2.05) is 30.3 Å². The fourth-order valence-corrected chi connectivity index (χ4v) is 1.66. The van der Waals surface area contributed by atoms with Crippen molar-refractivity contribution in [3.8, 4) is 0 Å². The van der Waals surface area contributed by atoms with Gasteiger partial charge in [0.25, 0.3) is 0 Å². The molecule has 0 fully saturated rings. The summed E-state index contributed by atoms with van der Waals surface area (Å²) in [5.41, 5.74) is 1.07. The van der Waals surface area contributed by atoms with Gasteiger partial charge in [-0.2, -0.15) is 0 Å². The molecule has 0 aromatic heterocycles. The Morgan fingerprint density at radius 2 is 2.06 bits per heavy atom. The van der Waals surface area contributed by atoms with Crippen molar-refractivity contribution < 1.29 is 9.90 Å². The van der Waals surface area contributed by atoms with Crippen molar-refractivity contribution in [2.75, 3.05) is 19.7 Å². The van der Waals surface area contributed by atoms with Crippen LogP contribution in [0.3, 0.4) is 0 Å². The van der Waals surface area contributed by atoms with E-state index >= 15 is 0 Å². The van der Waals surface area contributed by atoms with E-state index in [1.165, 1.54) is 0 Å². The Balaban J connectivity index is 2.50. The number of carbonyl (C=O) groups is 1. The Kier molecular flexibility index (Phi) is 6.87. The molecule has 2 N–H and O–H groups in total. The van der Waals surface area contributed by atoms with Gasteiger partial charge in [0.1, 0.15) is 0 Å². The molecule has 0 atom stereocenters. The molecule has 0 aliphatic carbocycles. The van der Waals surface area contributed by atoms with E-state index < -0.39 is 0 Å². The van der Waals surface area contributed by atoms with Crippen molar-refractivity contribution in [3.05, 3.63) is 35.9 Å². The largest absolute Gasteiger partial charge is 0.395 e. The van der Waals surface area contributed by atoms with Crippen LogP contribution in [0.2, 0.25) is 0 Å². The smallest absolute Gasteiger partial charge is 0.317 e. The van der Waals surface area contributed by atoms with Gasteiger partial charge in [0.05, 0.1) is 6.61 Å². The van der Waals surface area contributed by atoms with Crippen molar-refractivity contribution in [3.63, 3.8) is 0 Å². The maximum Gasteiger partial charge on any atom is 0.317 e. The van der Waals surface area contributed by atoms with Gasteiger partial charge in [-0.15, -0.1) is 0 Å². The van der Waals surface area contributed by atoms with Gasteiger partial charge in [-0.1, -0.05) is 43.7 Å². The van der Waals surface area contributed by atoms with E-state index in [-0.39, 0.29) is 12.6 Å². The zero-order valence-corrected chi connectivity index (χ0v) is 10.9. The molecule has 0 radical (unpaired) electrons. The first kappa shape index (κ1) is 14.5. The number of nitrogens with one attached hydrogen (secondary N) is 1. The lowest BCUT2D eigenvalue weighted by molar-refractivity contribution is 0.174. The number of benzene rings is 1. The zero-order valence-electron chi connectivity index (χ0n) is 10.9. The second-order valence-electron chi connectivity index (χ2n) is 4.22. The summed E-state index contributed by atoms with van der Waals surface area (Å²) in [4.78, 5) is 13.5. The summed E-state index contributed by atoms with van der Waals surface area (Å²) in [6.07, 6.45) is 2.03. The third kappa shape index (κ3) is 5.19. The Labute approximate surface area is 109 Å². The van der Waals surface area contributed by atoms with E-state index in [1.54, 1.807) is 4.90 Å². The third-order valence-electron chi connectivity index (χ3n) is 2.68. The molecular weight excluding hydrogens is 228 g/mol. The SMILES string of the molecule is CCCCNC(=O)N(CCO)Cc1ccccc1. The standard InChI is InChI=1S/C14H22N2O2/c1-2-3-9-15-14(18)16(10-11-17)12-13-7-5-4-6-8-13/h4-8,17H,2-3,9-12H2,1H3,(H,15,18). The molecule has 1 rings (SSSR count). The zero-order chi connectivity index (χ0) is 13.2. The van der Waals surface area contributed by atoms with Gasteiger partial charge in [-0.05, 0) is 12.0 Å². The van der Waals surface area contributed by atoms with Gasteiger partial charge in [-0.25, -0.2) is 4.79 Å². The van der Waals surface area contributed by atoms with Gasteiger partial charge in [-0.3, -0.25) is 0 Å². The van der Waals surface area contributed by atoms with Crippen molar-refractivity contribution in [1.82, 2.24) is 10.2 Å². The predicted octanol–water partition coefficient (Wildman–Crippen LogP) is 1.99. The summed E-state index contributed by atoms with van der Waals surface area (Å²) in [6, 6.07) is 9.68. The maximum absolute atomic E-state index is 11.9. The summed E-state index contributed by atoms with van der Waals surface area (Å²) in [6.45, 7) is 3.63. The normalized spacial score (nSPS) is 10.1. The number of hydrogen-bond donors (Lipinski definition) is 2. The monoisotopic (exact) mass is 250 g/mol. The Morgan fingerprint density at radius 3 is 2.67 bits per heavy atom. The van der Waals surface area contributed by atoms with Gasteiger partial charge >= 0.3 is 6.03 Å². The first-order valence-corrected chi connectivity index (χ1v) is 6.45. The highest BCUT2D eigenvalue weighted by molar-refractivity contribution is 5.74. The van der Waals surface area contributed by atoms with Crippen LogP contribution in [0, 0.1) is 0 Å². The van der Waals surface area contributed by atoms with Crippen LogP contribution in [0.1, 0.15) is 25.3 Å². The molecule has 0 saturated carbocycles. The average molecular weight is 250 g/mol. The summed E-state index contributed by atoms with van der Waals surface area (Å²) >= 11 is 0. The second-order valence-corrected chi connectivity index (χ2v) is 4.22. The fraction of sp³-hybridized carbons (Fsp3) is 0.500. The number of aliphatic hydroxyl groups excluding tert-OH is 1. The molecule has 0 spiro atoms. The van der Waals surface area contributed by atoms with Crippen LogP contribution in [-0.4, -0.2) is 35.7 Å². The van der Waals surface area contributed by atoms with Crippen LogP contribution < -0.4 is 5.32 Å². The number of amides is 2. The van der Waals surface area contributed by atoms with E-state index in [0.717, 1.165) is 18.4 Å². The first-order chi connectivity index (χ1) is 8.77. The molecule has 2 amide bonds. The van der Waals surface area contributed by atoms with Gasteiger partial charge in [0.2, 0.25) is 0 Å². The molecule has 0 heterocycles. The lowest BCUT2D eigenvalue weighted by atomic mass is 10.2. The predicted molar refractivity (Wildman–Crippen MR) is 72.2 cm³/mol. The van der Waals surface area contributed by atoms with Crippen LogP contribution in [0.5, 0.6) is 0 Å². The van der Waals surface area contributed by atoms with Crippen LogP contribution in [0.4, 0.5) is 4.79 Å². The minimum atomic E-state index is -0.110. The van der Waals surface area contributed by atoms with Crippen LogP contribution >= 0.6 is 0 Å². The van der Waals surface area contributed by atoms with Crippen LogP contribution in [0.25, 0.3) is 0 Å². The third-order valence-corrected chi connectivity index (χ3v) is 2.68. The highest BCUT2D eigenvalue weighted by Crippen LogP contribution is 2.04. The number of urea groups is 1. The molecule has 4 nitrogen and oxygen atoms in total. The summed E-state index contributed by atoms with van der Waals surface area (Å²) < 4.78 is 0. The number of unbranched alkanes of at least 4 members (excludes halogenated alkanes) is 1. The van der Waals surface area contributed by atoms with Gasteiger partial charge < -0.3 is 15.3 Å². The number of rotatable bonds is 7. The molecule has 18 heavy (non-hydrogen) atoms. The van der Waals surface area contributed by atoms with Crippen molar-refractivity contribution >= 4 is 6.03 Å². The molecular formula is C14H22N2O2. The molecule has 100 valence electrons. The molecule has 1 aromatic rings. The van der Waals surface area contributed by atoms with Crippen LogP contribution in [-0.2, 0) is 6.54 Å². The van der Waals surface area contributed by atoms with Crippen LogP contribution in [0.15, 0.2) is 30.3 Å². The molecule has 0 aliphatic rings. The Hall–Kier alpha value is -1.55.